The van der Waals surface area contributed by atoms with E-state index in [9.17, 15) is 9.59 Å². The summed E-state index contributed by atoms with van der Waals surface area (Å²) >= 11 is 0. The number of rotatable bonds is 5. The Bertz CT molecular complexity index is 282. The molecule has 5 heteroatoms. The average Bonchev–Trinajstić information content (AvgIpc) is 2.12. The first kappa shape index (κ1) is 15.9. The van der Waals surface area contributed by atoms with Crippen LogP contribution in [-0.2, 0) is 9.59 Å². The van der Waals surface area contributed by atoms with E-state index < -0.39 is 11.5 Å². The van der Waals surface area contributed by atoms with Crippen molar-refractivity contribution in [2.45, 2.75) is 40.2 Å². The highest BCUT2D eigenvalue weighted by molar-refractivity contribution is 5.84. The standard InChI is InChI=1S/C12H24N2O3/c1-8(2)9(6-13)11(17)14(7-10(15)16)12(3,4)5/h8-9H,6-7,13H2,1-5H3,(H,15,16). The number of amides is 1. The van der Waals surface area contributed by atoms with E-state index in [-0.39, 0.29) is 30.8 Å². The Morgan fingerprint density at radius 2 is 1.76 bits per heavy atom. The minimum Gasteiger partial charge on any atom is -0.480 e. The van der Waals surface area contributed by atoms with Gasteiger partial charge >= 0.3 is 5.97 Å². The molecule has 0 saturated heterocycles. The molecule has 17 heavy (non-hydrogen) atoms. The van der Waals surface area contributed by atoms with E-state index in [1.807, 2.05) is 34.6 Å². The van der Waals surface area contributed by atoms with Gasteiger partial charge in [0.15, 0.2) is 0 Å². The van der Waals surface area contributed by atoms with E-state index in [0.29, 0.717) is 0 Å². The minimum atomic E-state index is -1.01. The summed E-state index contributed by atoms with van der Waals surface area (Å²) in [6, 6.07) is 0. The Balaban J connectivity index is 5.05. The van der Waals surface area contributed by atoms with Crippen molar-refractivity contribution in [3.63, 3.8) is 0 Å². The maximum Gasteiger partial charge on any atom is 0.323 e. The van der Waals surface area contributed by atoms with Gasteiger partial charge in [-0.15, -0.1) is 0 Å². The first-order valence-corrected chi connectivity index (χ1v) is 5.84. The molecule has 1 amide bonds. The summed E-state index contributed by atoms with van der Waals surface area (Å²) in [7, 11) is 0. The molecule has 0 fully saturated rings. The van der Waals surface area contributed by atoms with Crippen LogP contribution in [-0.4, -0.2) is 40.5 Å². The first-order valence-electron chi connectivity index (χ1n) is 5.84. The van der Waals surface area contributed by atoms with E-state index >= 15 is 0 Å². The largest absolute Gasteiger partial charge is 0.480 e. The second-order valence-corrected chi connectivity index (χ2v) is 5.58. The van der Waals surface area contributed by atoms with Gasteiger partial charge in [0.25, 0.3) is 0 Å². The van der Waals surface area contributed by atoms with Crippen LogP contribution in [0, 0.1) is 11.8 Å². The molecule has 3 N–H and O–H groups in total. The number of nitrogens with zero attached hydrogens (tertiary/aromatic N) is 1. The summed E-state index contributed by atoms with van der Waals surface area (Å²) < 4.78 is 0. The molecule has 0 aliphatic carbocycles. The molecule has 0 spiro atoms. The molecule has 1 atom stereocenters. The predicted octanol–water partition coefficient (Wildman–Crippen LogP) is 0.929. The topological polar surface area (TPSA) is 83.6 Å². The van der Waals surface area contributed by atoms with Gasteiger partial charge in [-0.05, 0) is 26.7 Å². The average molecular weight is 244 g/mol. The smallest absolute Gasteiger partial charge is 0.323 e. The fraction of sp³-hybridized carbons (Fsp3) is 0.833. The van der Waals surface area contributed by atoms with Crippen molar-refractivity contribution in [1.29, 1.82) is 0 Å². The molecule has 0 saturated carbocycles. The van der Waals surface area contributed by atoms with Crippen LogP contribution in [0.5, 0.6) is 0 Å². The predicted molar refractivity (Wildman–Crippen MR) is 66.5 cm³/mol. The molecule has 0 heterocycles. The molecule has 0 aromatic heterocycles. The van der Waals surface area contributed by atoms with Gasteiger partial charge in [-0.25, -0.2) is 0 Å². The van der Waals surface area contributed by atoms with Gasteiger partial charge in [-0.1, -0.05) is 13.8 Å². The Kier molecular flexibility index (Phi) is 5.61. The number of hydrogen-bond donors (Lipinski definition) is 2. The zero-order chi connectivity index (χ0) is 13.8. The third-order valence-corrected chi connectivity index (χ3v) is 2.75. The molecule has 0 aromatic rings. The summed E-state index contributed by atoms with van der Waals surface area (Å²) in [4.78, 5) is 24.5. The molecule has 0 aliphatic rings. The fourth-order valence-corrected chi connectivity index (χ4v) is 1.64. The Hall–Kier alpha value is -1.10. The SMILES string of the molecule is CC(C)C(CN)C(=O)N(CC(=O)O)C(C)(C)C. The van der Waals surface area contributed by atoms with Crippen LogP contribution < -0.4 is 5.73 Å². The molecule has 0 rings (SSSR count). The zero-order valence-electron chi connectivity index (χ0n) is 11.4. The summed E-state index contributed by atoms with van der Waals surface area (Å²) in [6.45, 7) is 9.24. The van der Waals surface area contributed by atoms with E-state index in [2.05, 4.69) is 0 Å². The molecule has 0 bridgehead atoms. The van der Waals surface area contributed by atoms with E-state index in [1.165, 1.54) is 4.90 Å². The molecule has 100 valence electrons. The van der Waals surface area contributed by atoms with Gasteiger partial charge < -0.3 is 15.7 Å². The molecule has 1 unspecified atom stereocenters. The van der Waals surface area contributed by atoms with Crippen molar-refractivity contribution in [3.05, 3.63) is 0 Å². The van der Waals surface area contributed by atoms with Crippen molar-refractivity contribution in [2.75, 3.05) is 13.1 Å². The fourth-order valence-electron chi connectivity index (χ4n) is 1.64. The Morgan fingerprint density at radius 3 is 2.00 bits per heavy atom. The van der Waals surface area contributed by atoms with Crippen LogP contribution in [0.3, 0.4) is 0 Å². The lowest BCUT2D eigenvalue weighted by molar-refractivity contribution is -0.151. The minimum absolute atomic E-state index is 0.103. The number of carbonyl (C=O) groups excluding carboxylic acids is 1. The highest BCUT2D eigenvalue weighted by Gasteiger charge is 2.33. The van der Waals surface area contributed by atoms with Crippen molar-refractivity contribution < 1.29 is 14.7 Å². The monoisotopic (exact) mass is 244 g/mol. The zero-order valence-corrected chi connectivity index (χ0v) is 11.4. The summed E-state index contributed by atoms with van der Waals surface area (Å²) in [5.74, 6) is -1.41. The maximum atomic E-state index is 12.3. The summed E-state index contributed by atoms with van der Waals surface area (Å²) in [5.41, 5.74) is 5.08. The number of carboxylic acids is 1. The molecule has 5 nitrogen and oxygen atoms in total. The highest BCUT2D eigenvalue weighted by atomic mass is 16.4. The Labute approximate surface area is 103 Å². The Morgan fingerprint density at radius 1 is 1.29 bits per heavy atom. The van der Waals surface area contributed by atoms with Gasteiger partial charge in [0.2, 0.25) is 5.91 Å². The summed E-state index contributed by atoms with van der Waals surface area (Å²) in [5, 5.41) is 8.86. The van der Waals surface area contributed by atoms with Crippen molar-refractivity contribution in [1.82, 2.24) is 4.90 Å². The highest BCUT2D eigenvalue weighted by Crippen LogP contribution is 2.20. The molecule has 0 aliphatic heterocycles. The van der Waals surface area contributed by atoms with Crippen LogP contribution in [0.4, 0.5) is 0 Å². The van der Waals surface area contributed by atoms with Gasteiger partial charge in [-0.2, -0.15) is 0 Å². The second-order valence-electron chi connectivity index (χ2n) is 5.58. The van der Waals surface area contributed by atoms with Gasteiger partial charge in [0.1, 0.15) is 6.54 Å². The van der Waals surface area contributed by atoms with E-state index in [1.54, 1.807) is 0 Å². The van der Waals surface area contributed by atoms with Crippen LogP contribution in [0.2, 0.25) is 0 Å². The normalized spacial score (nSPS) is 13.6. The molecule has 0 radical (unpaired) electrons. The van der Waals surface area contributed by atoms with Crippen molar-refractivity contribution >= 4 is 11.9 Å². The number of carboxylic acid groups (broad SMARTS) is 1. The quantitative estimate of drug-likeness (QED) is 0.753. The summed E-state index contributed by atoms with van der Waals surface area (Å²) in [6.07, 6.45) is 0. The van der Waals surface area contributed by atoms with Crippen molar-refractivity contribution in [3.8, 4) is 0 Å². The van der Waals surface area contributed by atoms with Gasteiger partial charge in [-0.3, -0.25) is 9.59 Å². The van der Waals surface area contributed by atoms with E-state index in [0.717, 1.165) is 0 Å². The molecular weight excluding hydrogens is 220 g/mol. The lowest BCUT2D eigenvalue weighted by Gasteiger charge is -2.37. The lowest BCUT2D eigenvalue weighted by Crippen LogP contribution is -2.52. The second kappa shape index (κ2) is 6.00. The van der Waals surface area contributed by atoms with Gasteiger partial charge in [0, 0.05) is 12.1 Å². The molecular formula is C12H24N2O3. The van der Waals surface area contributed by atoms with E-state index in [4.69, 9.17) is 10.8 Å². The van der Waals surface area contributed by atoms with Crippen LogP contribution in [0.1, 0.15) is 34.6 Å². The van der Waals surface area contributed by atoms with Crippen LogP contribution >= 0.6 is 0 Å². The maximum absolute atomic E-state index is 12.3. The van der Waals surface area contributed by atoms with Crippen LogP contribution in [0.25, 0.3) is 0 Å². The van der Waals surface area contributed by atoms with Crippen LogP contribution in [0.15, 0.2) is 0 Å². The van der Waals surface area contributed by atoms with Crippen molar-refractivity contribution in [2.24, 2.45) is 17.6 Å². The number of hydrogen-bond acceptors (Lipinski definition) is 3. The molecule has 0 aromatic carbocycles. The number of carbonyl (C=O) groups is 2. The third-order valence-electron chi connectivity index (χ3n) is 2.75. The lowest BCUT2D eigenvalue weighted by atomic mass is 9.92. The third kappa shape index (κ3) is 4.73. The van der Waals surface area contributed by atoms with Gasteiger partial charge in [0.05, 0.1) is 5.92 Å². The first-order chi connectivity index (χ1) is 7.61. The number of nitrogens with two attached hydrogens (primary N) is 1. The number of aliphatic carboxylic acids is 1.